The van der Waals surface area contributed by atoms with Crippen molar-refractivity contribution in [2.24, 2.45) is 0 Å². The smallest absolute Gasteiger partial charge is 0.394 e. The van der Waals surface area contributed by atoms with Gasteiger partial charge in [0, 0.05) is 37.2 Å². The first kappa shape index (κ1) is 32.6. The summed E-state index contributed by atoms with van der Waals surface area (Å²) in [5.74, 6) is 0.195. The van der Waals surface area contributed by atoms with E-state index >= 15 is 0 Å². The highest BCUT2D eigenvalue weighted by atomic mass is 32.1. The van der Waals surface area contributed by atoms with Crippen LogP contribution in [0.1, 0.15) is 23.8 Å². The van der Waals surface area contributed by atoms with Crippen molar-refractivity contribution < 1.29 is 38.0 Å². The zero-order valence-electron chi connectivity index (χ0n) is 24.4. The van der Waals surface area contributed by atoms with Crippen molar-refractivity contribution in [3.8, 4) is 0 Å². The molecule has 6 rings (SSSR count). The zero-order valence-corrected chi connectivity index (χ0v) is 26.2. The Bertz CT molecular complexity index is 1800. The number of nitrogen functional groups attached to an aromatic ring is 1. The van der Waals surface area contributed by atoms with E-state index < -0.39 is 75.2 Å². The summed E-state index contributed by atoms with van der Waals surface area (Å²) in [5.41, 5.74) is 5.36. The van der Waals surface area contributed by atoms with Gasteiger partial charge >= 0.3 is 13.4 Å². The highest BCUT2D eigenvalue weighted by molar-refractivity contribution is 7.51. The van der Waals surface area contributed by atoms with E-state index in [1.807, 2.05) is 17.5 Å². The lowest BCUT2D eigenvalue weighted by atomic mass is 10.1. The van der Waals surface area contributed by atoms with Crippen molar-refractivity contribution >= 4 is 36.1 Å². The van der Waals surface area contributed by atoms with Gasteiger partial charge < -0.3 is 30.2 Å². The second-order valence-corrected chi connectivity index (χ2v) is 13.4. The number of aromatic nitrogens is 6. The Morgan fingerprint density at radius 3 is 2.80 bits per heavy atom. The molecule has 3 unspecified atom stereocenters. The van der Waals surface area contributed by atoms with Gasteiger partial charge in [0.2, 0.25) is 0 Å². The highest BCUT2D eigenvalue weighted by Gasteiger charge is 2.47. The number of rotatable bonds is 13. The molecule has 4 aromatic heterocycles. The van der Waals surface area contributed by atoms with E-state index in [0.29, 0.717) is 17.6 Å². The topological polar surface area (TPSA) is 240 Å². The number of hydrogen-bond donors (Lipinski definition) is 5. The quantitative estimate of drug-likeness (QED) is 0.116. The number of nitrogens with two attached hydrogens (primary N) is 1. The summed E-state index contributed by atoms with van der Waals surface area (Å²) in [5, 5.41) is 25.9. The third kappa shape index (κ3) is 6.70. The molecule has 0 amide bonds. The van der Waals surface area contributed by atoms with Crippen LogP contribution in [-0.2, 0) is 34.2 Å². The molecule has 2 fully saturated rings. The molecule has 18 nitrogen and oxygen atoms in total. The number of anilines is 1. The fourth-order valence-corrected chi connectivity index (χ4v) is 7.67. The molecule has 8 atom stereocenters. The van der Waals surface area contributed by atoms with Crippen LogP contribution >= 0.6 is 19.1 Å². The normalized spacial score (nSPS) is 27.8. The number of fused-ring (bicyclic) bond motifs is 1. The van der Waals surface area contributed by atoms with E-state index in [-0.39, 0.29) is 18.8 Å². The monoisotopic (exact) mass is 680 g/mol. The predicted molar refractivity (Wildman–Crippen MR) is 162 cm³/mol. The first-order valence-electron chi connectivity index (χ1n) is 14.3. The lowest BCUT2D eigenvalue weighted by Gasteiger charge is -2.26. The Morgan fingerprint density at radius 1 is 1.22 bits per heavy atom. The average Bonchev–Trinajstić information content (AvgIpc) is 3.83. The Morgan fingerprint density at radius 2 is 2.07 bits per heavy atom. The van der Waals surface area contributed by atoms with Gasteiger partial charge in [-0.3, -0.25) is 28.0 Å². The SMILES string of the molecule is CO[C@H]1C(O)[C@@H](COP(=O)(NCCc2cccs2)OC2C[C@H](n3cnc4c(N)ncnc43)O[C@@H]2CO)O[C@H]1n1ccc(=O)[nH]c1=O. The van der Waals surface area contributed by atoms with Gasteiger partial charge in [-0.05, 0) is 17.9 Å². The molecule has 2 saturated heterocycles. The Labute approximate surface area is 264 Å². The molecular formula is C26H33N8O10PS. The second-order valence-electron chi connectivity index (χ2n) is 10.6. The number of hydrogen-bond acceptors (Lipinski definition) is 15. The van der Waals surface area contributed by atoms with E-state index in [1.165, 1.54) is 37.3 Å². The number of imidazole rings is 1. The van der Waals surface area contributed by atoms with Gasteiger partial charge in [0.25, 0.3) is 5.56 Å². The first-order chi connectivity index (χ1) is 22.2. The predicted octanol–water partition coefficient (Wildman–Crippen LogP) is -0.0845. The van der Waals surface area contributed by atoms with Crippen molar-refractivity contribution in [3.63, 3.8) is 0 Å². The standard InChI is InChI=1S/C26H33N8O10PS/c1-40-22-21(37)17(43-25(22)33-7-5-18(36)32-26(33)38)11-41-45(39,31-6-4-14-3-2-8-46-14)44-15-9-19(42-16(15)10-35)34-13-30-20-23(27)28-12-29-24(20)34/h2-3,5,7-8,12-13,15-17,19,21-22,25,35,37H,4,6,9-11H2,1H3,(H,31,39)(H2,27,28,29)(H,32,36,38)/t15?,16-,17-,19-,21?,22+,25-,45?/m1/s1. The van der Waals surface area contributed by atoms with Gasteiger partial charge in [0.1, 0.15) is 48.6 Å². The molecule has 248 valence electrons. The lowest BCUT2D eigenvalue weighted by molar-refractivity contribution is -0.0634. The summed E-state index contributed by atoms with van der Waals surface area (Å²) in [7, 11) is -2.83. The van der Waals surface area contributed by atoms with Crippen LogP contribution in [0.3, 0.4) is 0 Å². The second kappa shape index (κ2) is 13.8. The first-order valence-corrected chi connectivity index (χ1v) is 16.7. The van der Waals surface area contributed by atoms with Crippen LogP contribution in [0.25, 0.3) is 11.2 Å². The third-order valence-electron chi connectivity index (χ3n) is 7.71. The number of H-pyrrole nitrogens is 1. The number of methoxy groups -OCH3 is 1. The molecule has 2 aliphatic heterocycles. The summed E-state index contributed by atoms with van der Waals surface area (Å²) in [4.78, 5) is 39.6. The van der Waals surface area contributed by atoms with Crippen molar-refractivity contribution in [2.75, 3.05) is 32.6 Å². The molecule has 0 saturated carbocycles. The van der Waals surface area contributed by atoms with E-state index in [2.05, 4.69) is 25.0 Å². The van der Waals surface area contributed by atoms with Crippen LogP contribution in [0.2, 0.25) is 0 Å². The van der Waals surface area contributed by atoms with Gasteiger partial charge in [0.15, 0.2) is 17.7 Å². The molecule has 0 spiro atoms. The lowest BCUT2D eigenvalue weighted by Crippen LogP contribution is -2.39. The van der Waals surface area contributed by atoms with Gasteiger partial charge in [-0.2, -0.15) is 0 Å². The molecule has 2 aliphatic rings. The van der Waals surface area contributed by atoms with Gasteiger partial charge in [-0.25, -0.2) is 29.4 Å². The van der Waals surface area contributed by atoms with Crippen molar-refractivity contribution in [1.82, 2.24) is 34.2 Å². The molecule has 4 aromatic rings. The van der Waals surface area contributed by atoms with Crippen molar-refractivity contribution in [1.29, 1.82) is 0 Å². The fraction of sp³-hybridized carbons (Fsp3) is 0.500. The van der Waals surface area contributed by atoms with Crippen molar-refractivity contribution in [3.05, 3.63) is 68.1 Å². The zero-order chi connectivity index (χ0) is 32.4. The maximum atomic E-state index is 14.3. The van der Waals surface area contributed by atoms with Crippen LogP contribution < -0.4 is 22.1 Å². The number of aromatic amines is 1. The number of nitrogens with one attached hydrogen (secondary N) is 2. The Hall–Kier alpha value is -3.36. The number of aliphatic hydroxyl groups excluding tert-OH is 2. The Balaban J connectivity index is 1.19. The molecule has 6 heterocycles. The van der Waals surface area contributed by atoms with Crippen LogP contribution in [-0.4, -0.2) is 96.7 Å². The largest absolute Gasteiger partial charge is 0.405 e. The van der Waals surface area contributed by atoms with E-state index in [4.69, 9.17) is 29.0 Å². The van der Waals surface area contributed by atoms with Crippen molar-refractivity contribution in [2.45, 2.75) is 55.8 Å². The van der Waals surface area contributed by atoms with Crippen LogP contribution in [0.4, 0.5) is 5.82 Å². The van der Waals surface area contributed by atoms with Gasteiger partial charge in [-0.1, -0.05) is 6.07 Å². The minimum absolute atomic E-state index is 0.145. The molecule has 0 radical (unpaired) electrons. The summed E-state index contributed by atoms with van der Waals surface area (Å²) < 4.78 is 46.2. The van der Waals surface area contributed by atoms with E-state index in [1.54, 1.807) is 4.57 Å². The fourth-order valence-electron chi connectivity index (χ4n) is 5.42. The maximum absolute atomic E-state index is 14.3. The van der Waals surface area contributed by atoms with Crippen LogP contribution in [0.15, 0.2) is 52.0 Å². The number of aliphatic hydroxyl groups is 2. The maximum Gasteiger partial charge on any atom is 0.405 e. The molecular weight excluding hydrogens is 647 g/mol. The minimum Gasteiger partial charge on any atom is -0.394 e. The molecule has 46 heavy (non-hydrogen) atoms. The van der Waals surface area contributed by atoms with Crippen LogP contribution in [0, 0.1) is 0 Å². The van der Waals surface area contributed by atoms with Crippen LogP contribution in [0.5, 0.6) is 0 Å². The highest BCUT2D eigenvalue weighted by Crippen LogP contribution is 2.49. The average molecular weight is 681 g/mol. The molecule has 6 N–H and O–H groups in total. The number of thiophene rings is 1. The summed E-state index contributed by atoms with van der Waals surface area (Å²) in [6.45, 7) is -0.664. The van der Waals surface area contributed by atoms with Gasteiger partial charge in [-0.15, -0.1) is 11.3 Å². The molecule has 0 bridgehead atoms. The summed E-state index contributed by atoms with van der Waals surface area (Å²) in [6.07, 6.45) is -2.35. The number of ether oxygens (including phenoxy) is 3. The van der Waals surface area contributed by atoms with Gasteiger partial charge in [0.05, 0.1) is 19.5 Å². The van der Waals surface area contributed by atoms with E-state index in [0.717, 1.165) is 15.5 Å². The number of nitrogens with zero attached hydrogens (tertiary/aromatic N) is 5. The molecule has 20 heteroatoms. The molecule has 0 aliphatic carbocycles. The summed E-state index contributed by atoms with van der Waals surface area (Å²) in [6, 6.07) is 4.98. The third-order valence-corrected chi connectivity index (χ3v) is 10.3. The minimum atomic E-state index is -4.17. The molecule has 0 aromatic carbocycles. The summed E-state index contributed by atoms with van der Waals surface area (Å²) >= 11 is 1.54. The Kier molecular flexibility index (Phi) is 9.76. The van der Waals surface area contributed by atoms with E-state index in [9.17, 15) is 24.4 Å².